The molecule has 0 N–H and O–H groups in total. The lowest BCUT2D eigenvalue weighted by molar-refractivity contribution is 1.10. The number of halogens is 1. The zero-order valence-corrected chi connectivity index (χ0v) is 13.5. The number of para-hydroxylation sites is 2. The lowest BCUT2D eigenvalue weighted by atomic mass is 10.1. The maximum Gasteiger partial charge on any atom is 0.0537 e. The van der Waals surface area contributed by atoms with Crippen molar-refractivity contribution in [1.82, 2.24) is 4.57 Å². The first-order chi connectivity index (χ1) is 10.2. The van der Waals surface area contributed by atoms with Crippen LogP contribution in [0.1, 0.15) is 11.3 Å². The second-order valence-corrected chi connectivity index (χ2v) is 5.85. The van der Waals surface area contributed by atoms with Gasteiger partial charge in [-0.2, -0.15) is 0 Å². The van der Waals surface area contributed by atoms with Gasteiger partial charge in [-0.1, -0.05) is 65.0 Å². The fourth-order valence-electron chi connectivity index (χ4n) is 2.64. The summed E-state index contributed by atoms with van der Waals surface area (Å²) in [6.45, 7) is 5.98. The normalized spacial score (nSPS) is 11.8. The first kappa shape index (κ1) is 13.9. The summed E-state index contributed by atoms with van der Waals surface area (Å²) in [5.74, 6) is 0. The van der Waals surface area contributed by atoms with Crippen LogP contribution in [0.2, 0.25) is 0 Å². The van der Waals surface area contributed by atoms with Crippen molar-refractivity contribution in [2.75, 3.05) is 0 Å². The number of aryl methyl sites for hydroxylation is 1. The molecular weight excluding hydrogens is 322 g/mol. The van der Waals surface area contributed by atoms with Crippen molar-refractivity contribution < 1.29 is 0 Å². The molecule has 104 valence electrons. The van der Waals surface area contributed by atoms with E-state index in [9.17, 15) is 0 Å². The molecule has 0 radical (unpaired) electrons. The van der Waals surface area contributed by atoms with Crippen molar-refractivity contribution in [3.05, 3.63) is 83.0 Å². The number of rotatable bonds is 3. The third-order valence-electron chi connectivity index (χ3n) is 3.66. The van der Waals surface area contributed by atoms with Gasteiger partial charge >= 0.3 is 0 Å². The summed E-state index contributed by atoms with van der Waals surface area (Å²) in [6, 6.07) is 18.9. The van der Waals surface area contributed by atoms with Crippen LogP contribution in [0.5, 0.6) is 0 Å². The summed E-state index contributed by atoms with van der Waals surface area (Å²) in [6.07, 6.45) is 3.93. The zero-order valence-electron chi connectivity index (χ0n) is 11.9. The average molecular weight is 338 g/mol. The van der Waals surface area contributed by atoms with Gasteiger partial charge in [-0.25, -0.2) is 0 Å². The number of hydrogen-bond acceptors (Lipinski definition) is 0. The number of benzene rings is 2. The Labute approximate surface area is 133 Å². The van der Waals surface area contributed by atoms with Crippen molar-refractivity contribution in [3.63, 3.8) is 0 Å². The van der Waals surface area contributed by atoms with Gasteiger partial charge in [0.05, 0.1) is 11.2 Å². The molecule has 0 bridgehead atoms. The molecule has 0 aliphatic carbocycles. The van der Waals surface area contributed by atoms with Gasteiger partial charge in [0, 0.05) is 15.6 Å². The fourth-order valence-corrected chi connectivity index (χ4v) is 2.86. The highest BCUT2D eigenvalue weighted by Gasteiger charge is 2.13. The number of allylic oxidation sites excluding steroid dienone is 2. The van der Waals surface area contributed by atoms with Crippen LogP contribution in [0, 0.1) is 6.92 Å². The largest absolute Gasteiger partial charge is 0.310 e. The third kappa shape index (κ3) is 2.47. The Morgan fingerprint density at radius 3 is 2.43 bits per heavy atom. The lowest BCUT2D eigenvalue weighted by Crippen LogP contribution is -1.96. The molecule has 0 unspecified atom stereocenters. The number of fused-ring (bicyclic) bond motifs is 1. The summed E-state index contributed by atoms with van der Waals surface area (Å²) >= 11 is 3.54. The monoisotopic (exact) mass is 337 g/mol. The smallest absolute Gasteiger partial charge is 0.0537 e. The van der Waals surface area contributed by atoms with Crippen LogP contribution in [0.15, 0.2) is 71.7 Å². The van der Waals surface area contributed by atoms with E-state index in [2.05, 4.69) is 88.6 Å². The minimum absolute atomic E-state index is 0.977. The molecule has 3 aromatic rings. The van der Waals surface area contributed by atoms with Crippen LogP contribution in [0.3, 0.4) is 0 Å². The van der Waals surface area contributed by atoms with E-state index in [-0.39, 0.29) is 0 Å². The van der Waals surface area contributed by atoms with E-state index < -0.39 is 0 Å². The van der Waals surface area contributed by atoms with Crippen LogP contribution in [0.4, 0.5) is 0 Å². The molecule has 0 aliphatic heterocycles. The highest BCUT2D eigenvalue weighted by molar-refractivity contribution is 9.12. The third-order valence-corrected chi connectivity index (χ3v) is 4.21. The Morgan fingerprint density at radius 2 is 1.71 bits per heavy atom. The van der Waals surface area contributed by atoms with Gasteiger partial charge in [0.1, 0.15) is 0 Å². The predicted octanol–water partition coefficient (Wildman–Crippen LogP) is 5.86. The molecule has 1 nitrogen and oxygen atoms in total. The molecule has 0 atom stereocenters. The van der Waals surface area contributed by atoms with Crippen LogP contribution < -0.4 is 0 Å². The Balaban J connectivity index is 2.40. The maximum atomic E-state index is 3.82. The second kappa shape index (κ2) is 5.74. The molecule has 0 amide bonds. The van der Waals surface area contributed by atoms with Crippen molar-refractivity contribution in [1.29, 1.82) is 0 Å². The molecule has 1 aromatic heterocycles. The Bertz CT molecular complexity index is 825. The second-order valence-electron chi connectivity index (χ2n) is 4.93. The van der Waals surface area contributed by atoms with Crippen LogP contribution in [0.25, 0.3) is 22.7 Å². The molecule has 2 aromatic carbocycles. The van der Waals surface area contributed by atoms with Crippen LogP contribution in [-0.4, -0.2) is 4.57 Å². The van der Waals surface area contributed by atoms with E-state index in [0.29, 0.717) is 0 Å². The molecule has 1 heterocycles. The van der Waals surface area contributed by atoms with Gasteiger partial charge in [-0.05, 0) is 36.8 Å². The minimum atomic E-state index is 0.977. The van der Waals surface area contributed by atoms with Gasteiger partial charge in [0.2, 0.25) is 0 Å². The lowest BCUT2D eigenvalue weighted by Gasteiger charge is -2.09. The van der Waals surface area contributed by atoms with Crippen molar-refractivity contribution in [2.45, 2.75) is 6.92 Å². The van der Waals surface area contributed by atoms with Gasteiger partial charge < -0.3 is 4.57 Å². The maximum absolute atomic E-state index is 3.82. The van der Waals surface area contributed by atoms with E-state index in [1.165, 1.54) is 22.2 Å². The van der Waals surface area contributed by atoms with Gasteiger partial charge in [-0.3, -0.25) is 0 Å². The Morgan fingerprint density at radius 1 is 1.05 bits per heavy atom. The summed E-state index contributed by atoms with van der Waals surface area (Å²) in [5, 5.41) is 1.27. The summed E-state index contributed by atoms with van der Waals surface area (Å²) < 4.78 is 3.26. The van der Waals surface area contributed by atoms with Gasteiger partial charge in [-0.15, -0.1) is 0 Å². The molecule has 0 saturated heterocycles. The predicted molar refractivity (Wildman–Crippen MR) is 95.1 cm³/mol. The number of nitrogens with zero attached hydrogens (tertiary/aromatic N) is 1. The fraction of sp³-hybridized carbons (Fsp3) is 0.0526. The molecule has 0 fully saturated rings. The van der Waals surface area contributed by atoms with Gasteiger partial charge in [0.25, 0.3) is 0 Å². The van der Waals surface area contributed by atoms with E-state index in [1.807, 2.05) is 12.1 Å². The Hall–Kier alpha value is -2.06. The standard InChI is InChI=1S/C19H16BrN/c1-3-15(20)13-19-14(2)17-11-7-8-12-18(17)21(19)16-9-5-4-6-10-16/h3-13H,1H2,2H3/b15-13+. The van der Waals surface area contributed by atoms with Crippen molar-refractivity contribution >= 4 is 32.9 Å². The molecule has 21 heavy (non-hydrogen) atoms. The summed E-state index contributed by atoms with van der Waals surface area (Å²) in [7, 11) is 0. The van der Waals surface area contributed by atoms with Crippen molar-refractivity contribution in [2.24, 2.45) is 0 Å². The average Bonchev–Trinajstić information content (AvgIpc) is 2.81. The van der Waals surface area contributed by atoms with Crippen LogP contribution in [-0.2, 0) is 0 Å². The topological polar surface area (TPSA) is 4.93 Å². The molecule has 0 aliphatic rings. The molecule has 0 spiro atoms. The van der Waals surface area contributed by atoms with E-state index >= 15 is 0 Å². The van der Waals surface area contributed by atoms with E-state index in [4.69, 9.17) is 0 Å². The highest BCUT2D eigenvalue weighted by atomic mass is 79.9. The van der Waals surface area contributed by atoms with E-state index in [1.54, 1.807) is 0 Å². The summed E-state index contributed by atoms with van der Waals surface area (Å²) in [5.41, 5.74) is 4.83. The molecule has 0 saturated carbocycles. The first-order valence-electron chi connectivity index (χ1n) is 6.87. The van der Waals surface area contributed by atoms with Crippen molar-refractivity contribution in [3.8, 4) is 5.69 Å². The zero-order chi connectivity index (χ0) is 14.8. The number of hydrogen-bond donors (Lipinski definition) is 0. The molecule has 2 heteroatoms. The number of aromatic nitrogens is 1. The minimum Gasteiger partial charge on any atom is -0.310 e. The quantitative estimate of drug-likeness (QED) is 0.527. The molecule has 3 rings (SSSR count). The van der Waals surface area contributed by atoms with E-state index in [0.717, 1.165) is 10.2 Å². The highest BCUT2D eigenvalue weighted by Crippen LogP contribution is 2.31. The first-order valence-corrected chi connectivity index (χ1v) is 7.67. The Kier molecular flexibility index (Phi) is 3.80. The molecular formula is C19H16BrN. The SMILES string of the molecule is C=C/C(Br)=C\c1c(C)c2ccccc2n1-c1ccccc1. The summed E-state index contributed by atoms with van der Waals surface area (Å²) in [4.78, 5) is 0. The van der Waals surface area contributed by atoms with Crippen LogP contribution >= 0.6 is 15.9 Å². The van der Waals surface area contributed by atoms with Gasteiger partial charge in [0.15, 0.2) is 0 Å².